The summed E-state index contributed by atoms with van der Waals surface area (Å²) in [5.41, 5.74) is 8.23. The monoisotopic (exact) mass is 191 g/mol. The molecule has 2 rings (SSSR count). The van der Waals surface area contributed by atoms with Gasteiger partial charge in [0.15, 0.2) is 0 Å². The van der Waals surface area contributed by atoms with Crippen LogP contribution in [0.4, 0.5) is 0 Å². The zero-order chi connectivity index (χ0) is 10.1. The summed E-state index contributed by atoms with van der Waals surface area (Å²) in [6.45, 7) is 2.22. The summed E-state index contributed by atoms with van der Waals surface area (Å²) in [6, 6.07) is 3.93. The molecule has 2 aromatic rings. The number of nitrogens with zero attached hydrogens (tertiary/aromatic N) is 2. The summed E-state index contributed by atoms with van der Waals surface area (Å²) >= 11 is 0. The number of nitrogens with two attached hydrogens (primary N) is 1. The lowest BCUT2D eigenvalue weighted by molar-refractivity contribution is 0.188. The zero-order valence-corrected chi connectivity index (χ0v) is 8.01. The Hall–Kier alpha value is -1.39. The summed E-state index contributed by atoms with van der Waals surface area (Å²) in [4.78, 5) is 0. The lowest BCUT2D eigenvalue weighted by Gasteiger charge is -2.05. The molecule has 0 bridgehead atoms. The Morgan fingerprint density at radius 1 is 1.57 bits per heavy atom. The van der Waals surface area contributed by atoms with Gasteiger partial charge in [-0.25, -0.2) is 4.52 Å². The smallest absolute Gasteiger partial charge is 0.0948 e. The van der Waals surface area contributed by atoms with E-state index in [0.717, 1.165) is 16.6 Å². The number of hydrogen-bond acceptors (Lipinski definition) is 3. The van der Waals surface area contributed by atoms with Gasteiger partial charge >= 0.3 is 0 Å². The van der Waals surface area contributed by atoms with Crippen LogP contribution in [0.25, 0.3) is 5.52 Å². The quantitative estimate of drug-likeness (QED) is 0.732. The van der Waals surface area contributed by atoms with Gasteiger partial charge in [0, 0.05) is 18.3 Å². The molecule has 0 saturated heterocycles. The standard InChI is InChI=1S/C10H13N3O/c1-7-2-3-9-8(10(14)4-11)5-12-13(9)6-7/h2-3,5-6,10,14H,4,11H2,1H3. The number of aromatic nitrogens is 2. The largest absolute Gasteiger partial charge is 0.387 e. The van der Waals surface area contributed by atoms with Gasteiger partial charge in [0.25, 0.3) is 0 Å². The van der Waals surface area contributed by atoms with E-state index in [9.17, 15) is 5.11 Å². The normalized spacial score (nSPS) is 13.4. The topological polar surface area (TPSA) is 63.5 Å². The van der Waals surface area contributed by atoms with Gasteiger partial charge in [0.05, 0.1) is 17.8 Å². The molecule has 2 aromatic heterocycles. The number of fused-ring (bicyclic) bond motifs is 1. The Morgan fingerprint density at radius 2 is 2.36 bits per heavy atom. The van der Waals surface area contributed by atoms with Crippen molar-refractivity contribution < 1.29 is 5.11 Å². The van der Waals surface area contributed by atoms with Crippen molar-refractivity contribution in [1.29, 1.82) is 0 Å². The number of aliphatic hydroxyl groups excluding tert-OH is 1. The molecule has 0 spiro atoms. The van der Waals surface area contributed by atoms with Gasteiger partial charge in [0.2, 0.25) is 0 Å². The van der Waals surface area contributed by atoms with E-state index in [1.807, 2.05) is 25.3 Å². The van der Waals surface area contributed by atoms with Gasteiger partial charge in [-0.2, -0.15) is 5.10 Å². The number of aliphatic hydroxyl groups is 1. The van der Waals surface area contributed by atoms with E-state index in [2.05, 4.69) is 5.10 Å². The number of pyridine rings is 1. The Bertz CT molecular complexity index is 450. The zero-order valence-electron chi connectivity index (χ0n) is 8.01. The highest BCUT2D eigenvalue weighted by Crippen LogP contribution is 2.18. The van der Waals surface area contributed by atoms with E-state index >= 15 is 0 Å². The van der Waals surface area contributed by atoms with Gasteiger partial charge in [-0.15, -0.1) is 0 Å². The minimum Gasteiger partial charge on any atom is -0.387 e. The minimum atomic E-state index is -0.629. The predicted molar refractivity (Wildman–Crippen MR) is 53.9 cm³/mol. The lowest BCUT2D eigenvalue weighted by atomic mass is 10.1. The molecule has 74 valence electrons. The SMILES string of the molecule is Cc1ccc2c(C(O)CN)cnn2c1. The van der Waals surface area contributed by atoms with Crippen LogP contribution in [-0.4, -0.2) is 21.3 Å². The molecule has 0 radical (unpaired) electrons. The molecule has 2 heterocycles. The molecular weight excluding hydrogens is 178 g/mol. The average molecular weight is 191 g/mol. The van der Waals surface area contributed by atoms with Crippen molar-refractivity contribution in [3.05, 3.63) is 35.7 Å². The predicted octanol–water partition coefficient (Wildman–Crippen LogP) is 0.635. The van der Waals surface area contributed by atoms with Gasteiger partial charge in [-0.3, -0.25) is 0 Å². The first-order valence-electron chi connectivity index (χ1n) is 4.54. The molecule has 0 aliphatic carbocycles. The lowest BCUT2D eigenvalue weighted by Crippen LogP contribution is -2.11. The molecule has 14 heavy (non-hydrogen) atoms. The summed E-state index contributed by atoms with van der Waals surface area (Å²) in [7, 11) is 0. The summed E-state index contributed by atoms with van der Waals surface area (Å²) in [6.07, 6.45) is 2.95. The summed E-state index contributed by atoms with van der Waals surface area (Å²) < 4.78 is 1.75. The third-order valence-corrected chi connectivity index (χ3v) is 2.28. The number of aryl methyl sites for hydroxylation is 1. The molecular formula is C10H13N3O. The average Bonchev–Trinajstić information content (AvgIpc) is 2.59. The first-order valence-corrected chi connectivity index (χ1v) is 4.54. The minimum absolute atomic E-state index is 0.217. The molecule has 3 N–H and O–H groups in total. The Labute approximate surface area is 82.0 Å². The van der Waals surface area contributed by atoms with E-state index in [1.165, 1.54) is 0 Å². The van der Waals surface area contributed by atoms with Crippen LogP contribution in [-0.2, 0) is 0 Å². The molecule has 0 amide bonds. The van der Waals surface area contributed by atoms with Gasteiger partial charge in [-0.05, 0) is 18.6 Å². The third-order valence-electron chi connectivity index (χ3n) is 2.28. The highest BCUT2D eigenvalue weighted by molar-refractivity contribution is 5.55. The van der Waals surface area contributed by atoms with Crippen LogP contribution in [0.5, 0.6) is 0 Å². The number of rotatable bonds is 2. The van der Waals surface area contributed by atoms with E-state index in [-0.39, 0.29) is 6.54 Å². The van der Waals surface area contributed by atoms with E-state index < -0.39 is 6.10 Å². The Balaban J connectivity index is 2.58. The van der Waals surface area contributed by atoms with E-state index in [4.69, 9.17) is 5.73 Å². The fourth-order valence-electron chi connectivity index (χ4n) is 1.49. The van der Waals surface area contributed by atoms with Crippen LogP contribution in [0.1, 0.15) is 17.2 Å². The van der Waals surface area contributed by atoms with E-state index in [0.29, 0.717) is 0 Å². The van der Waals surface area contributed by atoms with Crippen LogP contribution in [0.2, 0.25) is 0 Å². The molecule has 0 aliphatic rings. The highest BCUT2D eigenvalue weighted by atomic mass is 16.3. The molecule has 4 nitrogen and oxygen atoms in total. The van der Waals surface area contributed by atoms with Gasteiger partial charge in [-0.1, -0.05) is 6.07 Å². The van der Waals surface area contributed by atoms with E-state index in [1.54, 1.807) is 10.7 Å². The van der Waals surface area contributed by atoms with Crippen molar-refractivity contribution in [2.45, 2.75) is 13.0 Å². The molecule has 0 aliphatic heterocycles. The second-order valence-corrected chi connectivity index (χ2v) is 3.39. The molecule has 0 fully saturated rings. The third kappa shape index (κ3) is 1.38. The summed E-state index contributed by atoms with van der Waals surface area (Å²) in [5.74, 6) is 0. The Morgan fingerprint density at radius 3 is 3.07 bits per heavy atom. The number of hydrogen-bond donors (Lipinski definition) is 2. The van der Waals surface area contributed by atoms with Crippen molar-refractivity contribution >= 4 is 5.52 Å². The van der Waals surface area contributed by atoms with Crippen LogP contribution in [0.15, 0.2) is 24.5 Å². The fraction of sp³-hybridized carbons (Fsp3) is 0.300. The van der Waals surface area contributed by atoms with Crippen molar-refractivity contribution in [3.63, 3.8) is 0 Å². The maximum absolute atomic E-state index is 9.61. The van der Waals surface area contributed by atoms with Crippen molar-refractivity contribution in [2.75, 3.05) is 6.54 Å². The molecule has 1 atom stereocenters. The van der Waals surface area contributed by atoms with Crippen molar-refractivity contribution in [1.82, 2.24) is 9.61 Å². The maximum Gasteiger partial charge on any atom is 0.0948 e. The molecule has 1 unspecified atom stereocenters. The second kappa shape index (κ2) is 3.40. The highest BCUT2D eigenvalue weighted by Gasteiger charge is 2.11. The first-order chi connectivity index (χ1) is 6.72. The maximum atomic E-state index is 9.61. The van der Waals surface area contributed by atoms with Crippen molar-refractivity contribution in [2.24, 2.45) is 5.73 Å². The fourth-order valence-corrected chi connectivity index (χ4v) is 1.49. The Kier molecular flexibility index (Phi) is 2.23. The van der Waals surface area contributed by atoms with Crippen LogP contribution in [0, 0.1) is 6.92 Å². The van der Waals surface area contributed by atoms with Crippen LogP contribution in [0.3, 0.4) is 0 Å². The van der Waals surface area contributed by atoms with Crippen LogP contribution >= 0.6 is 0 Å². The molecule has 0 aromatic carbocycles. The second-order valence-electron chi connectivity index (χ2n) is 3.39. The van der Waals surface area contributed by atoms with Crippen LogP contribution < -0.4 is 5.73 Å². The van der Waals surface area contributed by atoms with Gasteiger partial charge < -0.3 is 10.8 Å². The van der Waals surface area contributed by atoms with Crippen molar-refractivity contribution in [3.8, 4) is 0 Å². The van der Waals surface area contributed by atoms with Gasteiger partial charge in [0.1, 0.15) is 0 Å². The molecule has 0 saturated carbocycles. The summed E-state index contributed by atoms with van der Waals surface area (Å²) in [5, 5.41) is 13.8. The molecule has 4 heteroatoms. The first kappa shape index (κ1) is 9.18.